The second-order valence-corrected chi connectivity index (χ2v) is 6.10. The van der Waals surface area contributed by atoms with E-state index in [1.165, 1.54) is 12.1 Å². The van der Waals surface area contributed by atoms with Crippen LogP contribution in [-0.2, 0) is 5.60 Å². The van der Waals surface area contributed by atoms with Crippen molar-refractivity contribution in [2.75, 3.05) is 0 Å². The van der Waals surface area contributed by atoms with Gasteiger partial charge in [0.05, 0.1) is 11.5 Å². The van der Waals surface area contributed by atoms with Crippen LogP contribution in [0.15, 0.2) is 24.3 Å². The number of rotatable bonds is 3. The first-order valence-corrected chi connectivity index (χ1v) is 7.37. The molecule has 0 aliphatic heterocycles. The number of nitriles is 1. The van der Waals surface area contributed by atoms with Gasteiger partial charge in [0, 0.05) is 0 Å². The molecule has 1 N–H and O–H groups in total. The first kappa shape index (κ1) is 15.0. The molecular weight excluding hydrogens is 253 g/mol. The summed E-state index contributed by atoms with van der Waals surface area (Å²) in [6.45, 7) is 4.04. The molecule has 1 unspecified atom stereocenters. The summed E-state index contributed by atoms with van der Waals surface area (Å²) in [6, 6.07) is 8.42. The van der Waals surface area contributed by atoms with E-state index in [2.05, 4.69) is 13.0 Å². The molecule has 0 bridgehead atoms. The number of hydrogen-bond donors (Lipinski definition) is 1. The van der Waals surface area contributed by atoms with Crippen LogP contribution in [0.1, 0.15) is 51.5 Å². The van der Waals surface area contributed by atoms with Crippen molar-refractivity contribution in [1.82, 2.24) is 0 Å². The molecule has 0 amide bonds. The predicted octanol–water partition coefficient (Wildman–Crippen LogP) is 4.14. The maximum atomic E-state index is 13.5. The van der Waals surface area contributed by atoms with Crippen molar-refractivity contribution in [3.8, 4) is 6.07 Å². The van der Waals surface area contributed by atoms with Gasteiger partial charge >= 0.3 is 0 Å². The van der Waals surface area contributed by atoms with Crippen molar-refractivity contribution in [3.05, 3.63) is 35.6 Å². The monoisotopic (exact) mass is 275 g/mol. The normalized spacial score (nSPS) is 29.4. The Morgan fingerprint density at radius 1 is 1.45 bits per heavy atom. The van der Waals surface area contributed by atoms with E-state index < -0.39 is 11.0 Å². The molecule has 0 heterocycles. The summed E-state index contributed by atoms with van der Waals surface area (Å²) >= 11 is 0. The van der Waals surface area contributed by atoms with Gasteiger partial charge in [-0.1, -0.05) is 26.0 Å². The summed E-state index contributed by atoms with van der Waals surface area (Å²) in [7, 11) is 0. The highest BCUT2D eigenvalue weighted by Gasteiger charge is 2.52. The number of aliphatic hydroxyl groups is 1. The molecule has 2 rings (SSSR count). The van der Waals surface area contributed by atoms with Crippen LogP contribution in [0.3, 0.4) is 0 Å². The van der Waals surface area contributed by atoms with Gasteiger partial charge < -0.3 is 5.11 Å². The Bertz CT molecular complexity index is 514. The van der Waals surface area contributed by atoms with Crippen LogP contribution >= 0.6 is 0 Å². The van der Waals surface area contributed by atoms with E-state index in [-0.39, 0.29) is 5.82 Å². The lowest BCUT2D eigenvalue weighted by molar-refractivity contribution is -0.0869. The first-order valence-electron chi connectivity index (χ1n) is 7.37. The minimum absolute atomic E-state index is 0.369. The highest BCUT2D eigenvalue weighted by atomic mass is 19.1. The van der Waals surface area contributed by atoms with Crippen LogP contribution in [-0.4, -0.2) is 5.11 Å². The molecule has 0 spiro atoms. The zero-order valence-electron chi connectivity index (χ0n) is 12.2. The molecule has 3 heteroatoms. The van der Waals surface area contributed by atoms with Gasteiger partial charge in [0.25, 0.3) is 0 Å². The van der Waals surface area contributed by atoms with Crippen LogP contribution in [0, 0.1) is 28.5 Å². The fourth-order valence-corrected chi connectivity index (χ4v) is 3.44. The Kier molecular flexibility index (Phi) is 4.15. The van der Waals surface area contributed by atoms with Crippen molar-refractivity contribution in [2.45, 2.75) is 51.6 Å². The van der Waals surface area contributed by atoms with Crippen LogP contribution in [0.25, 0.3) is 0 Å². The van der Waals surface area contributed by atoms with Crippen LogP contribution in [0.4, 0.5) is 4.39 Å². The zero-order chi connectivity index (χ0) is 14.8. The Balaban J connectivity index is 2.46. The van der Waals surface area contributed by atoms with Gasteiger partial charge in [-0.25, -0.2) is 4.39 Å². The first-order chi connectivity index (χ1) is 9.47. The van der Waals surface area contributed by atoms with Gasteiger partial charge in [0.1, 0.15) is 11.4 Å². The van der Waals surface area contributed by atoms with E-state index >= 15 is 0 Å². The van der Waals surface area contributed by atoms with Gasteiger partial charge in [0.15, 0.2) is 0 Å². The average Bonchev–Trinajstić information content (AvgIpc) is 2.47. The molecule has 2 nitrogen and oxygen atoms in total. The second kappa shape index (κ2) is 5.54. The van der Waals surface area contributed by atoms with E-state index in [0.29, 0.717) is 30.7 Å². The number of nitrogens with zero attached hydrogens (tertiary/aromatic N) is 1. The third-order valence-electron chi connectivity index (χ3n) is 4.95. The van der Waals surface area contributed by atoms with Crippen molar-refractivity contribution in [1.29, 1.82) is 5.26 Å². The summed E-state index contributed by atoms with van der Waals surface area (Å²) in [4.78, 5) is 0. The minimum atomic E-state index is -1.27. The molecule has 108 valence electrons. The van der Waals surface area contributed by atoms with Gasteiger partial charge in [-0.3, -0.25) is 0 Å². The fraction of sp³-hybridized carbons (Fsp3) is 0.588. The van der Waals surface area contributed by atoms with Crippen LogP contribution < -0.4 is 0 Å². The lowest BCUT2D eigenvalue weighted by Gasteiger charge is -2.46. The summed E-state index contributed by atoms with van der Waals surface area (Å²) < 4.78 is 13.5. The van der Waals surface area contributed by atoms with Crippen molar-refractivity contribution < 1.29 is 9.50 Å². The van der Waals surface area contributed by atoms with Crippen molar-refractivity contribution in [2.24, 2.45) is 11.3 Å². The maximum absolute atomic E-state index is 13.5. The van der Waals surface area contributed by atoms with Gasteiger partial charge in [-0.15, -0.1) is 0 Å². The lowest BCUT2D eigenvalue weighted by Crippen LogP contribution is -2.46. The average molecular weight is 275 g/mol. The quantitative estimate of drug-likeness (QED) is 0.900. The summed E-state index contributed by atoms with van der Waals surface area (Å²) in [5.74, 6) is 0.219. The highest BCUT2D eigenvalue weighted by molar-refractivity contribution is 5.30. The molecule has 0 radical (unpaired) electrons. The second-order valence-electron chi connectivity index (χ2n) is 6.10. The number of hydrogen-bond acceptors (Lipinski definition) is 2. The van der Waals surface area contributed by atoms with Gasteiger partial charge in [-0.05, 0) is 55.7 Å². The van der Waals surface area contributed by atoms with E-state index in [9.17, 15) is 14.8 Å². The Labute approximate surface area is 120 Å². The summed E-state index contributed by atoms with van der Waals surface area (Å²) in [5, 5.41) is 20.9. The molecular formula is C17H22FNO. The van der Waals surface area contributed by atoms with Crippen molar-refractivity contribution in [3.63, 3.8) is 0 Å². The van der Waals surface area contributed by atoms with E-state index in [4.69, 9.17) is 0 Å². The largest absolute Gasteiger partial charge is 0.383 e. The highest BCUT2D eigenvalue weighted by Crippen LogP contribution is 2.52. The molecule has 0 saturated heterocycles. The Morgan fingerprint density at radius 3 is 2.60 bits per heavy atom. The van der Waals surface area contributed by atoms with E-state index in [1.807, 2.05) is 6.92 Å². The number of benzene rings is 1. The zero-order valence-corrected chi connectivity index (χ0v) is 12.2. The smallest absolute Gasteiger partial charge is 0.123 e. The third-order valence-corrected chi connectivity index (χ3v) is 4.95. The molecule has 1 aromatic carbocycles. The number of halogens is 1. The molecule has 20 heavy (non-hydrogen) atoms. The predicted molar refractivity (Wildman–Crippen MR) is 76.3 cm³/mol. The topological polar surface area (TPSA) is 44.0 Å². The fourth-order valence-electron chi connectivity index (χ4n) is 3.44. The van der Waals surface area contributed by atoms with Gasteiger partial charge in [-0.2, -0.15) is 5.26 Å². The van der Waals surface area contributed by atoms with E-state index in [0.717, 1.165) is 12.8 Å². The lowest BCUT2D eigenvalue weighted by atomic mass is 9.59. The maximum Gasteiger partial charge on any atom is 0.123 e. The Hall–Kier alpha value is -1.40. The SMILES string of the molecule is CCC(O)(c1cccc(F)c1)C1(C#N)CCC(C)CC1. The molecule has 1 aliphatic rings. The molecule has 0 aromatic heterocycles. The third kappa shape index (κ3) is 2.33. The molecule has 1 fully saturated rings. The van der Waals surface area contributed by atoms with Crippen molar-refractivity contribution >= 4 is 0 Å². The molecule has 1 aromatic rings. The summed E-state index contributed by atoms with van der Waals surface area (Å²) in [5.41, 5.74) is -1.55. The summed E-state index contributed by atoms with van der Waals surface area (Å²) in [6.07, 6.45) is 3.63. The van der Waals surface area contributed by atoms with E-state index in [1.54, 1.807) is 12.1 Å². The minimum Gasteiger partial charge on any atom is -0.383 e. The standard InChI is InChI=1S/C17H22FNO/c1-3-17(20,14-5-4-6-15(18)11-14)16(12-19)9-7-13(2)8-10-16/h4-6,11,13,20H,3,7-10H2,1-2H3. The molecule has 1 saturated carbocycles. The Morgan fingerprint density at radius 2 is 2.10 bits per heavy atom. The van der Waals surface area contributed by atoms with Crippen LogP contribution in [0.2, 0.25) is 0 Å². The van der Waals surface area contributed by atoms with Gasteiger partial charge in [0.2, 0.25) is 0 Å². The molecule has 1 aliphatic carbocycles. The van der Waals surface area contributed by atoms with Crippen LogP contribution in [0.5, 0.6) is 0 Å². The molecule has 1 atom stereocenters.